The van der Waals surface area contributed by atoms with Crippen LogP contribution >= 0.6 is 0 Å². The lowest BCUT2D eigenvalue weighted by molar-refractivity contribution is -0.110. The molecule has 0 unspecified atom stereocenters. The molecule has 0 heterocycles. The third-order valence-corrected chi connectivity index (χ3v) is 4.03. The molecule has 132 valence electrons. The van der Waals surface area contributed by atoms with E-state index in [1.54, 1.807) is 60.7 Å². The molecule has 0 saturated carbocycles. The fourth-order valence-corrected chi connectivity index (χ4v) is 2.63. The van der Waals surface area contributed by atoms with Gasteiger partial charge in [-0.05, 0) is 23.8 Å². The Hall–Kier alpha value is -3.79. The van der Waals surface area contributed by atoms with E-state index in [1.165, 1.54) is 12.1 Å². The van der Waals surface area contributed by atoms with E-state index in [0.717, 1.165) is 5.56 Å². The Morgan fingerprint density at radius 2 is 1.33 bits per heavy atom. The lowest BCUT2D eigenvalue weighted by Crippen LogP contribution is -2.15. The molecule has 0 aliphatic heterocycles. The number of rotatable bonds is 2. The van der Waals surface area contributed by atoms with Crippen molar-refractivity contribution in [3.05, 3.63) is 107 Å². The first-order valence-electron chi connectivity index (χ1n) is 8.31. The molecule has 0 atom stereocenters. The van der Waals surface area contributed by atoms with Gasteiger partial charge in [-0.25, -0.2) is 0 Å². The molecule has 27 heavy (non-hydrogen) atoms. The van der Waals surface area contributed by atoms with Crippen molar-refractivity contribution in [1.29, 1.82) is 0 Å². The fraction of sp³-hybridized carbons (Fsp3) is 0. The first-order valence-corrected chi connectivity index (χ1v) is 8.31. The molecule has 0 spiro atoms. The maximum atomic E-state index is 11.9. The number of phenolic OH excluding ortho intramolecular Hbond substituents is 1. The summed E-state index contributed by atoms with van der Waals surface area (Å²) in [6.45, 7) is 0. The second kappa shape index (κ2) is 8.06. The number of carbonyl (C=O) groups excluding carboxylic acids is 3. The minimum absolute atomic E-state index is 0.0198. The molecule has 4 rings (SSSR count). The van der Waals surface area contributed by atoms with Gasteiger partial charge in [0.25, 0.3) is 0 Å². The van der Waals surface area contributed by atoms with Gasteiger partial charge in [-0.2, -0.15) is 0 Å². The summed E-state index contributed by atoms with van der Waals surface area (Å²) in [4.78, 5) is 34.0. The number of hydrogen-bond donors (Lipinski definition) is 1. The quantitative estimate of drug-likeness (QED) is 0.555. The first-order chi connectivity index (χ1) is 13.1. The van der Waals surface area contributed by atoms with Crippen LogP contribution in [0, 0.1) is 0 Å². The summed E-state index contributed by atoms with van der Waals surface area (Å²) in [6, 6.07) is 22.5. The van der Waals surface area contributed by atoms with E-state index in [4.69, 9.17) is 0 Å². The molecule has 3 aromatic rings. The molecular formula is C23H16O4. The van der Waals surface area contributed by atoms with Gasteiger partial charge < -0.3 is 5.11 Å². The van der Waals surface area contributed by atoms with E-state index in [0.29, 0.717) is 16.7 Å². The average molecular weight is 356 g/mol. The minimum Gasteiger partial charge on any atom is -0.507 e. The maximum Gasteiger partial charge on any atom is 0.233 e. The summed E-state index contributed by atoms with van der Waals surface area (Å²) in [5, 5.41) is 9.52. The maximum absolute atomic E-state index is 11.9. The number of Topliss-reactive ketones (excluding diaryl/α,β-unsaturated/α-hetero) is 1. The number of phenols is 1. The monoisotopic (exact) mass is 356 g/mol. The highest BCUT2D eigenvalue weighted by molar-refractivity contribution is 6.49. The number of fused-ring (bicyclic) bond motifs is 1. The van der Waals surface area contributed by atoms with Crippen LogP contribution in [-0.4, -0.2) is 22.5 Å². The summed E-state index contributed by atoms with van der Waals surface area (Å²) in [6.07, 6.45) is 2.98. The smallest absolute Gasteiger partial charge is 0.233 e. The zero-order chi connectivity index (χ0) is 19.2. The Balaban J connectivity index is 0.000000159. The number of carbonyl (C=O) groups is 3. The van der Waals surface area contributed by atoms with Gasteiger partial charge in [-0.15, -0.1) is 0 Å². The first kappa shape index (κ1) is 18.0. The zero-order valence-electron chi connectivity index (χ0n) is 14.3. The van der Waals surface area contributed by atoms with Gasteiger partial charge in [0.05, 0.1) is 5.56 Å². The van der Waals surface area contributed by atoms with Crippen molar-refractivity contribution in [2.24, 2.45) is 0 Å². The second-order valence-corrected chi connectivity index (χ2v) is 5.83. The third-order valence-electron chi connectivity index (χ3n) is 4.03. The van der Waals surface area contributed by atoms with Crippen LogP contribution in [0.2, 0.25) is 0 Å². The van der Waals surface area contributed by atoms with E-state index in [1.807, 2.05) is 18.2 Å². The molecule has 0 aromatic heterocycles. The second-order valence-electron chi connectivity index (χ2n) is 5.83. The standard InChI is InChI=1S/C13H10O2.C10H6O2/c14-12-9-5-4-8-11(12)13(15)10-6-2-1-3-7-10;11-9-6-5-7-3-1-2-4-8(7)10(9)12/h1-9,14H;1-6H. The van der Waals surface area contributed by atoms with Crippen molar-refractivity contribution in [1.82, 2.24) is 0 Å². The van der Waals surface area contributed by atoms with Gasteiger partial charge in [0.15, 0.2) is 5.78 Å². The van der Waals surface area contributed by atoms with E-state index in [-0.39, 0.29) is 11.5 Å². The van der Waals surface area contributed by atoms with Crippen molar-refractivity contribution in [2.75, 3.05) is 0 Å². The molecular weight excluding hydrogens is 340 g/mol. The van der Waals surface area contributed by atoms with Crippen LogP contribution in [0.1, 0.15) is 31.8 Å². The predicted molar refractivity (Wildman–Crippen MR) is 103 cm³/mol. The summed E-state index contributed by atoms with van der Waals surface area (Å²) < 4.78 is 0. The molecule has 1 aliphatic carbocycles. The number of hydrogen-bond acceptors (Lipinski definition) is 4. The predicted octanol–water partition coefficient (Wildman–Crippen LogP) is 4.09. The number of aromatic hydroxyl groups is 1. The molecule has 0 fully saturated rings. The van der Waals surface area contributed by atoms with Crippen LogP contribution in [0.4, 0.5) is 0 Å². The Bertz CT molecular complexity index is 1030. The molecule has 0 radical (unpaired) electrons. The van der Waals surface area contributed by atoms with Crippen molar-refractivity contribution in [2.45, 2.75) is 0 Å². The zero-order valence-corrected chi connectivity index (χ0v) is 14.3. The third kappa shape index (κ3) is 4.07. The van der Waals surface area contributed by atoms with Crippen molar-refractivity contribution < 1.29 is 19.5 Å². The van der Waals surface area contributed by atoms with Gasteiger partial charge in [0.1, 0.15) is 5.75 Å². The Labute approximate surface area is 156 Å². The molecule has 4 heteroatoms. The van der Waals surface area contributed by atoms with Crippen LogP contribution in [-0.2, 0) is 4.79 Å². The van der Waals surface area contributed by atoms with Gasteiger partial charge in [0.2, 0.25) is 11.6 Å². The Morgan fingerprint density at radius 3 is 2.07 bits per heavy atom. The van der Waals surface area contributed by atoms with E-state index in [9.17, 15) is 19.5 Å². The summed E-state index contributed by atoms with van der Waals surface area (Å²) in [7, 11) is 0. The number of ketones is 3. The van der Waals surface area contributed by atoms with Crippen molar-refractivity contribution >= 4 is 23.4 Å². The molecule has 0 saturated heterocycles. The van der Waals surface area contributed by atoms with Gasteiger partial charge in [-0.1, -0.05) is 72.8 Å². The average Bonchev–Trinajstić information content (AvgIpc) is 2.72. The van der Waals surface area contributed by atoms with Gasteiger partial charge in [0, 0.05) is 11.1 Å². The van der Waals surface area contributed by atoms with Crippen LogP contribution in [0.15, 0.2) is 84.9 Å². The number of allylic oxidation sites excluding steroid dienone is 1. The molecule has 1 N–H and O–H groups in total. The van der Waals surface area contributed by atoms with Crippen LogP contribution in [0.5, 0.6) is 5.75 Å². The lowest BCUT2D eigenvalue weighted by atomic mass is 9.96. The van der Waals surface area contributed by atoms with Gasteiger partial charge in [-0.3, -0.25) is 14.4 Å². The molecule has 0 amide bonds. The van der Waals surface area contributed by atoms with Crippen molar-refractivity contribution in [3.63, 3.8) is 0 Å². The normalized spacial score (nSPS) is 12.0. The minimum atomic E-state index is -0.436. The fourth-order valence-electron chi connectivity index (χ4n) is 2.63. The number of benzene rings is 3. The molecule has 3 aromatic carbocycles. The Morgan fingerprint density at radius 1 is 0.704 bits per heavy atom. The van der Waals surface area contributed by atoms with Crippen molar-refractivity contribution in [3.8, 4) is 5.75 Å². The molecule has 4 nitrogen and oxygen atoms in total. The largest absolute Gasteiger partial charge is 0.507 e. The Kier molecular flexibility index (Phi) is 5.38. The van der Waals surface area contributed by atoms with Crippen LogP contribution in [0.3, 0.4) is 0 Å². The van der Waals surface area contributed by atoms with Crippen LogP contribution in [0.25, 0.3) is 6.08 Å². The SMILES string of the molecule is O=C(c1ccccc1)c1ccccc1O.O=C1C=Cc2ccccc2C1=O. The number of para-hydroxylation sites is 1. The van der Waals surface area contributed by atoms with Crippen LogP contribution < -0.4 is 0 Å². The van der Waals surface area contributed by atoms with E-state index >= 15 is 0 Å². The highest BCUT2D eigenvalue weighted by Crippen LogP contribution is 2.19. The van der Waals surface area contributed by atoms with E-state index < -0.39 is 11.6 Å². The topological polar surface area (TPSA) is 71.4 Å². The van der Waals surface area contributed by atoms with E-state index in [2.05, 4.69) is 0 Å². The molecule has 0 bridgehead atoms. The molecule has 1 aliphatic rings. The highest BCUT2D eigenvalue weighted by atomic mass is 16.3. The summed E-state index contributed by atoms with van der Waals surface area (Å²) >= 11 is 0. The van der Waals surface area contributed by atoms with Gasteiger partial charge >= 0.3 is 0 Å². The summed E-state index contributed by atoms with van der Waals surface area (Å²) in [5.41, 5.74) is 2.25. The highest BCUT2D eigenvalue weighted by Gasteiger charge is 2.19. The summed E-state index contributed by atoms with van der Waals surface area (Å²) in [5.74, 6) is -0.984. The lowest BCUT2D eigenvalue weighted by Gasteiger charge is -2.06.